The lowest BCUT2D eigenvalue weighted by Gasteiger charge is -2.27. The van der Waals surface area contributed by atoms with Crippen molar-refractivity contribution in [2.24, 2.45) is 0 Å². The molecule has 3 aromatic rings. The van der Waals surface area contributed by atoms with Crippen LogP contribution in [0.1, 0.15) is 39.8 Å². The van der Waals surface area contributed by atoms with E-state index >= 15 is 0 Å². The first-order valence-corrected chi connectivity index (χ1v) is 10.1. The second-order valence-electron chi connectivity index (χ2n) is 6.94. The lowest BCUT2D eigenvalue weighted by Crippen LogP contribution is -2.36. The normalized spacial score (nSPS) is 15.9. The van der Waals surface area contributed by atoms with Gasteiger partial charge in [-0.05, 0) is 62.5 Å². The van der Waals surface area contributed by atoms with E-state index in [0.717, 1.165) is 18.5 Å². The summed E-state index contributed by atoms with van der Waals surface area (Å²) in [6.45, 7) is 4.50. The number of pyridine rings is 1. The van der Waals surface area contributed by atoms with Gasteiger partial charge in [-0.3, -0.25) is 14.7 Å². The van der Waals surface area contributed by atoms with Crippen LogP contribution in [0.2, 0.25) is 0 Å². The van der Waals surface area contributed by atoms with Crippen LogP contribution in [0.5, 0.6) is 0 Å². The highest BCUT2D eigenvalue weighted by Gasteiger charge is 2.25. The molecule has 0 radical (unpaired) electrons. The van der Waals surface area contributed by atoms with E-state index in [1.807, 2.05) is 0 Å². The fraction of sp³-hybridized carbons (Fsp3) is 0.333. The molecule has 1 atom stereocenters. The maximum absolute atomic E-state index is 13.4. The molecule has 4 nitrogen and oxygen atoms in total. The monoisotopic (exact) mass is 383 g/mol. The maximum atomic E-state index is 13.4. The molecule has 0 spiro atoms. The molecular weight excluding hydrogens is 361 g/mol. The van der Waals surface area contributed by atoms with E-state index in [-0.39, 0.29) is 17.8 Å². The van der Waals surface area contributed by atoms with Crippen LogP contribution < -0.4 is 5.32 Å². The van der Waals surface area contributed by atoms with Crippen LogP contribution in [0, 0.1) is 12.7 Å². The number of aryl methyl sites for hydroxylation is 1. The van der Waals surface area contributed by atoms with Gasteiger partial charge in [0, 0.05) is 22.9 Å². The fourth-order valence-electron chi connectivity index (χ4n) is 3.69. The molecular formula is C21H22FN3OS. The Kier molecular flexibility index (Phi) is 5.18. The first-order valence-electron chi connectivity index (χ1n) is 9.24. The summed E-state index contributed by atoms with van der Waals surface area (Å²) in [6.07, 6.45) is 2.42. The fourth-order valence-corrected chi connectivity index (χ4v) is 4.56. The molecule has 3 heterocycles. The standard InChI is InChI=1S/C21H22FN3OS/c1-14-17(11-15-6-7-16(22)12-18(15)24-14)21(26)23-13-19(20-5-4-10-27-20)25-8-2-3-9-25/h4-7,10-12,19H,2-3,8-9,13H2,1H3,(H,23,26). The molecule has 1 aliphatic heterocycles. The van der Waals surface area contributed by atoms with Gasteiger partial charge in [-0.25, -0.2) is 4.39 Å². The predicted molar refractivity (Wildman–Crippen MR) is 107 cm³/mol. The van der Waals surface area contributed by atoms with Gasteiger partial charge in [0.05, 0.1) is 22.8 Å². The molecule has 0 aliphatic carbocycles. The number of rotatable bonds is 5. The molecule has 1 saturated heterocycles. The molecule has 1 amide bonds. The number of carbonyl (C=O) groups excluding carboxylic acids is 1. The number of halogens is 1. The summed E-state index contributed by atoms with van der Waals surface area (Å²) in [5.74, 6) is -0.456. The molecule has 4 rings (SSSR count). The van der Waals surface area contributed by atoms with Gasteiger partial charge in [0.25, 0.3) is 5.91 Å². The minimum atomic E-state index is -0.323. The van der Waals surface area contributed by atoms with Crippen LogP contribution in [0.15, 0.2) is 41.8 Å². The topological polar surface area (TPSA) is 45.2 Å². The van der Waals surface area contributed by atoms with Crippen molar-refractivity contribution in [3.05, 3.63) is 63.7 Å². The highest BCUT2D eigenvalue weighted by molar-refractivity contribution is 7.10. The summed E-state index contributed by atoms with van der Waals surface area (Å²) in [5, 5.41) is 5.94. The second kappa shape index (κ2) is 7.74. The number of carbonyl (C=O) groups is 1. The molecule has 2 aromatic heterocycles. The van der Waals surface area contributed by atoms with Crippen molar-refractivity contribution in [3.63, 3.8) is 0 Å². The van der Waals surface area contributed by atoms with Crippen LogP contribution in [-0.4, -0.2) is 35.4 Å². The van der Waals surface area contributed by atoms with Crippen molar-refractivity contribution in [2.75, 3.05) is 19.6 Å². The molecule has 6 heteroatoms. The van der Waals surface area contributed by atoms with Crippen LogP contribution >= 0.6 is 11.3 Å². The van der Waals surface area contributed by atoms with Gasteiger partial charge in [-0.2, -0.15) is 0 Å². The van der Waals surface area contributed by atoms with Crippen molar-refractivity contribution >= 4 is 28.1 Å². The molecule has 140 valence electrons. The number of nitrogens with one attached hydrogen (secondary N) is 1. The molecule has 1 unspecified atom stereocenters. The maximum Gasteiger partial charge on any atom is 0.253 e. The van der Waals surface area contributed by atoms with Gasteiger partial charge >= 0.3 is 0 Å². The lowest BCUT2D eigenvalue weighted by atomic mass is 10.1. The van der Waals surface area contributed by atoms with Crippen molar-refractivity contribution < 1.29 is 9.18 Å². The Morgan fingerprint density at radius 3 is 2.85 bits per heavy atom. The smallest absolute Gasteiger partial charge is 0.253 e. The molecule has 1 N–H and O–H groups in total. The summed E-state index contributed by atoms with van der Waals surface area (Å²) >= 11 is 1.73. The van der Waals surface area contributed by atoms with Gasteiger partial charge < -0.3 is 5.32 Å². The van der Waals surface area contributed by atoms with Crippen molar-refractivity contribution in [2.45, 2.75) is 25.8 Å². The average Bonchev–Trinajstić information content (AvgIpc) is 3.35. The van der Waals surface area contributed by atoms with E-state index in [2.05, 4.69) is 32.7 Å². The molecule has 1 aliphatic rings. The van der Waals surface area contributed by atoms with E-state index in [0.29, 0.717) is 23.3 Å². The van der Waals surface area contributed by atoms with Crippen molar-refractivity contribution in [3.8, 4) is 0 Å². The van der Waals surface area contributed by atoms with E-state index in [9.17, 15) is 9.18 Å². The molecule has 0 saturated carbocycles. The van der Waals surface area contributed by atoms with Gasteiger partial charge in [0.1, 0.15) is 5.82 Å². The van der Waals surface area contributed by atoms with Crippen molar-refractivity contribution in [1.82, 2.24) is 15.2 Å². The quantitative estimate of drug-likeness (QED) is 0.714. The zero-order chi connectivity index (χ0) is 18.8. The Morgan fingerprint density at radius 1 is 1.30 bits per heavy atom. The first-order chi connectivity index (χ1) is 13.1. The minimum absolute atomic E-state index is 0.132. The lowest BCUT2D eigenvalue weighted by molar-refractivity contribution is 0.0937. The highest BCUT2D eigenvalue weighted by atomic mass is 32.1. The van der Waals surface area contributed by atoms with Crippen LogP contribution in [0.25, 0.3) is 10.9 Å². The Hall–Kier alpha value is -2.31. The first kappa shape index (κ1) is 18.1. The van der Waals surface area contributed by atoms with E-state index in [1.165, 1.54) is 29.9 Å². The molecule has 1 fully saturated rings. The number of likely N-dealkylation sites (tertiary alicyclic amines) is 1. The second-order valence-corrected chi connectivity index (χ2v) is 7.92. The molecule has 0 bridgehead atoms. The Labute approximate surface area is 162 Å². The summed E-state index contributed by atoms with van der Waals surface area (Å²) in [6, 6.07) is 10.6. The Bertz CT molecular complexity index is 951. The number of aromatic nitrogens is 1. The summed E-state index contributed by atoms with van der Waals surface area (Å²) in [4.78, 5) is 21.0. The number of hydrogen-bond donors (Lipinski definition) is 1. The number of thiophene rings is 1. The number of benzene rings is 1. The average molecular weight is 383 g/mol. The van der Waals surface area contributed by atoms with Crippen LogP contribution in [-0.2, 0) is 0 Å². The highest BCUT2D eigenvalue weighted by Crippen LogP contribution is 2.28. The zero-order valence-corrected chi connectivity index (χ0v) is 16.1. The summed E-state index contributed by atoms with van der Waals surface area (Å²) < 4.78 is 13.4. The largest absolute Gasteiger partial charge is 0.350 e. The van der Waals surface area contributed by atoms with Gasteiger partial charge in [-0.1, -0.05) is 6.07 Å². The van der Waals surface area contributed by atoms with Crippen LogP contribution in [0.4, 0.5) is 4.39 Å². The van der Waals surface area contributed by atoms with Gasteiger partial charge in [0.15, 0.2) is 0 Å². The van der Waals surface area contributed by atoms with Crippen LogP contribution in [0.3, 0.4) is 0 Å². The summed E-state index contributed by atoms with van der Waals surface area (Å²) in [5.41, 5.74) is 1.72. The predicted octanol–water partition coefficient (Wildman–Crippen LogP) is 4.31. The number of hydrogen-bond acceptors (Lipinski definition) is 4. The Balaban J connectivity index is 1.53. The van der Waals surface area contributed by atoms with E-state index in [1.54, 1.807) is 30.4 Å². The third-order valence-corrected chi connectivity index (χ3v) is 6.10. The van der Waals surface area contributed by atoms with Gasteiger partial charge in [-0.15, -0.1) is 11.3 Å². The van der Waals surface area contributed by atoms with E-state index < -0.39 is 0 Å². The third-order valence-electron chi connectivity index (χ3n) is 5.12. The number of amides is 1. The van der Waals surface area contributed by atoms with Gasteiger partial charge in [0.2, 0.25) is 0 Å². The molecule has 1 aromatic carbocycles. The zero-order valence-electron chi connectivity index (χ0n) is 15.2. The van der Waals surface area contributed by atoms with Crippen molar-refractivity contribution in [1.29, 1.82) is 0 Å². The third kappa shape index (κ3) is 3.87. The number of nitrogens with zero attached hydrogens (tertiary/aromatic N) is 2. The Morgan fingerprint density at radius 2 is 2.11 bits per heavy atom. The molecule has 27 heavy (non-hydrogen) atoms. The minimum Gasteiger partial charge on any atom is -0.350 e. The van der Waals surface area contributed by atoms with E-state index in [4.69, 9.17) is 0 Å². The SMILES string of the molecule is Cc1nc2cc(F)ccc2cc1C(=O)NCC(c1cccs1)N1CCCC1. The summed E-state index contributed by atoms with van der Waals surface area (Å²) in [7, 11) is 0. The number of fused-ring (bicyclic) bond motifs is 1.